The monoisotopic (exact) mass is 424 g/mol. The Morgan fingerprint density at radius 3 is 2.65 bits per heavy atom. The fourth-order valence-corrected chi connectivity index (χ4v) is 4.49. The minimum Gasteiger partial charge on any atom is -0.339 e. The number of hydrogen-bond donors (Lipinski definition) is 2. The summed E-state index contributed by atoms with van der Waals surface area (Å²) in [6, 6.07) is 19.0. The quantitative estimate of drug-likeness (QED) is 0.365. The first kappa shape index (κ1) is 19.4. The summed E-state index contributed by atoms with van der Waals surface area (Å²) in [4.78, 5) is 22.4. The molecule has 2 aromatic heterocycles. The zero-order chi connectivity index (χ0) is 21.0. The fourth-order valence-electron chi connectivity index (χ4n) is 3.57. The summed E-state index contributed by atoms with van der Waals surface area (Å²) >= 11 is 1.59. The molecule has 5 rings (SSSR count). The van der Waals surface area contributed by atoms with Crippen molar-refractivity contribution in [1.29, 1.82) is 0 Å². The van der Waals surface area contributed by atoms with Crippen LogP contribution in [0.3, 0.4) is 0 Å². The smallest absolute Gasteiger partial charge is 0.193 e. The number of hydrogen-bond acceptors (Lipinski definition) is 6. The van der Waals surface area contributed by atoms with Gasteiger partial charge in [-0.3, -0.25) is 4.79 Å². The van der Waals surface area contributed by atoms with Gasteiger partial charge in [-0.05, 0) is 49.7 Å². The van der Waals surface area contributed by atoms with Gasteiger partial charge in [0.15, 0.2) is 11.6 Å². The summed E-state index contributed by atoms with van der Waals surface area (Å²) in [6.07, 6.45) is 3.84. The summed E-state index contributed by atoms with van der Waals surface area (Å²) in [5.74, 6) is 7.33. The molecule has 1 unspecified atom stereocenters. The predicted octanol–water partition coefficient (Wildman–Crippen LogP) is 4.77. The van der Waals surface area contributed by atoms with Crippen LogP contribution < -0.4 is 10.6 Å². The van der Waals surface area contributed by atoms with Crippen molar-refractivity contribution < 1.29 is 4.79 Å². The highest BCUT2D eigenvalue weighted by Crippen LogP contribution is 2.30. The number of nitrogens with one attached hydrogen (secondary N) is 2. The molecule has 5 nitrogen and oxygen atoms in total. The lowest BCUT2D eigenvalue weighted by Crippen LogP contribution is -2.18. The topological polar surface area (TPSA) is 66.9 Å². The number of aromatic nitrogens is 2. The molecule has 0 spiro atoms. The zero-order valence-electron chi connectivity index (χ0n) is 16.8. The third kappa shape index (κ3) is 4.33. The highest BCUT2D eigenvalue weighted by atomic mass is 32.1. The van der Waals surface area contributed by atoms with Crippen LogP contribution in [0.2, 0.25) is 0 Å². The van der Waals surface area contributed by atoms with E-state index >= 15 is 0 Å². The molecule has 0 aliphatic carbocycles. The number of thiophene rings is 1. The minimum absolute atomic E-state index is 0.00908. The Bertz CT molecular complexity index is 1280. The fraction of sp³-hybridized carbons (Fsp3) is 0.160. The molecule has 3 heterocycles. The van der Waals surface area contributed by atoms with Gasteiger partial charge in [0.05, 0.1) is 21.1 Å². The van der Waals surface area contributed by atoms with Gasteiger partial charge in [0.2, 0.25) is 0 Å². The first-order chi connectivity index (χ1) is 15.3. The lowest BCUT2D eigenvalue weighted by atomic mass is 10.0. The van der Waals surface area contributed by atoms with Gasteiger partial charge in [0, 0.05) is 16.8 Å². The van der Waals surface area contributed by atoms with Crippen LogP contribution in [0.1, 0.15) is 33.6 Å². The Morgan fingerprint density at radius 2 is 1.87 bits per heavy atom. The van der Waals surface area contributed by atoms with Gasteiger partial charge in [0.25, 0.3) is 0 Å². The molecule has 0 radical (unpaired) electrons. The summed E-state index contributed by atoms with van der Waals surface area (Å²) < 4.78 is 0.968. The number of fused-ring (bicyclic) bond motifs is 1. The number of anilines is 2. The summed E-state index contributed by atoms with van der Waals surface area (Å²) in [6.45, 7) is 1.04. The van der Waals surface area contributed by atoms with Crippen LogP contribution >= 0.6 is 11.3 Å². The number of carbonyl (C=O) groups is 1. The number of benzene rings is 2. The Balaban J connectivity index is 1.36. The van der Waals surface area contributed by atoms with Gasteiger partial charge in [-0.25, -0.2) is 9.97 Å². The van der Waals surface area contributed by atoms with Crippen LogP contribution in [0.15, 0.2) is 67.0 Å². The first-order valence-corrected chi connectivity index (χ1v) is 11.0. The number of nitrogens with zero attached hydrogens (tertiary/aromatic N) is 2. The molecule has 1 atom stereocenters. The second-order valence-electron chi connectivity index (χ2n) is 7.36. The Morgan fingerprint density at radius 1 is 1.06 bits per heavy atom. The molecular weight excluding hydrogens is 404 g/mol. The normalized spacial score (nSPS) is 15.4. The highest BCUT2D eigenvalue weighted by Gasteiger charge is 2.12. The van der Waals surface area contributed by atoms with Crippen molar-refractivity contribution in [2.45, 2.75) is 18.9 Å². The Hall–Kier alpha value is -3.53. The summed E-state index contributed by atoms with van der Waals surface area (Å²) in [5, 5.41) is 6.75. The number of carbonyl (C=O) groups excluding carboxylic acids is 1. The standard InChI is InChI=1S/C25H20N4OS/c30-23(17-5-2-1-3-6-17)18-8-10-20(11-9-18)29-25-24-22(27-16-28-25)15-21(31-24)13-12-19-7-4-14-26-19/h1-3,5-6,8-11,15-16,19,26H,4,7,14H2,(H,27,28,29). The molecule has 1 aliphatic rings. The lowest BCUT2D eigenvalue weighted by molar-refractivity contribution is 0.103. The average molecular weight is 425 g/mol. The molecule has 1 saturated heterocycles. The van der Waals surface area contributed by atoms with Crippen molar-refractivity contribution in [1.82, 2.24) is 15.3 Å². The van der Waals surface area contributed by atoms with Crippen LogP contribution in [-0.4, -0.2) is 28.3 Å². The Labute approximate surface area is 184 Å². The lowest BCUT2D eigenvalue weighted by Gasteiger charge is -2.07. The second kappa shape index (κ2) is 8.68. The molecule has 1 fully saturated rings. The molecule has 31 heavy (non-hydrogen) atoms. The van der Waals surface area contributed by atoms with Crippen molar-refractivity contribution in [2.75, 3.05) is 11.9 Å². The van der Waals surface area contributed by atoms with E-state index in [1.165, 1.54) is 6.42 Å². The van der Waals surface area contributed by atoms with Crippen molar-refractivity contribution in [2.24, 2.45) is 0 Å². The van der Waals surface area contributed by atoms with E-state index in [1.807, 2.05) is 60.7 Å². The largest absolute Gasteiger partial charge is 0.339 e. The zero-order valence-corrected chi connectivity index (χ0v) is 17.6. The third-order valence-electron chi connectivity index (χ3n) is 5.19. The van der Waals surface area contributed by atoms with E-state index in [0.29, 0.717) is 11.1 Å². The first-order valence-electron chi connectivity index (χ1n) is 10.2. The maximum absolute atomic E-state index is 12.6. The van der Waals surface area contributed by atoms with E-state index < -0.39 is 0 Å². The maximum Gasteiger partial charge on any atom is 0.193 e. The molecule has 1 aliphatic heterocycles. The van der Waals surface area contributed by atoms with Gasteiger partial charge in [-0.1, -0.05) is 42.2 Å². The van der Waals surface area contributed by atoms with E-state index in [9.17, 15) is 4.79 Å². The average Bonchev–Trinajstić information content (AvgIpc) is 3.48. The highest BCUT2D eigenvalue weighted by molar-refractivity contribution is 7.20. The van der Waals surface area contributed by atoms with Crippen LogP contribution in [0.5, 0.6) is 0 Å². The SMILES string of the molecule is O=C(c1ccccc1)c1ccc(Nc2ncnc3cc(C#CC4CCCN4)sc23)cc1. The molecule has 152 valence electrons. The molecule has 0 amide bonds. The van der Waals surface area contributed by atoms with Crippen LogP contribution in [0.25, 0.3) is 10.2 Å². The van der Waals surface area contributed by atoms with Gasteiger partial charge in [-0.2, -0.15) is 0 Å². The summed E-state index contributed by atoms with van der Waals surface area (Å²) in [5.41, 5.74) is 3.07. The predicted molar refractivity (Wildman–Crippen MR) is 125 cm³/mol. The van der Waals surface area contributed by atoms with Crippen LogP contribution in [0.4, 0.5) is 11.5 Å². The molecule has 2 N–H and O–H groups in total. The van der Waals surface area contributed by atoms with Crippen molar-refractivity contribution in [3.8, 4) is 11.8 Å². The van der Waals surface area contributed by atoms with Gasteiger partial charge in [-0.15, -0.1) is 11.3 Å². The van der Waals surface area contributed by atoms with Crippen LogP contribution in [0, 0.1) is 11.8 Å². The molecule has 0 bridgehead atoms. The molecule has 6 heteroatoms. The Kier molecular flexibility index (Phi) is 5.44. The van der Waals surface area contributed by atoms with Crippen molar-refractivity contribution in [3.05, 3.63) is 83.0 Å². The van der Waals surface area contributed by atoms with E-state index in [-0.39, 0.29) is 11.8 Å². The van der Waals surface area contributed by atoms with E-state index in [1.54, 1.807) is 17.7 Å². The molecule has 2 aromatic carbocycles. The minimum atomic E-state index is 0.00908. The number of rotatable bonds is 4. The van der Waals surface area contributed by atoms with Crippen LogP contribution in [-0.2, 0) is 0 Å². The molecule has 0 saturated carbocycles. The van der Waals surface area contributed by atoms with Gasteiger partial charge in [0.1, 0.15) is 6.33 Å². The summed E-state index contributed by atoms with van der Waals surface area (Å²) in [7, 11) is 0. The van der Waals surface area contributed by atoms with Gasteiger partial charge >= 0.3 is 0 Å². The van der Waals surface area contributed by atoms with E-state index in [2.05, 4.69) is 32.4 Å². The maximum atomic E-state index is 12.6. The van der Waals surface area contributed by atoms with E-state index in [0.717, 1.165) is 39.6 Å². The second-order valence-corrected chi connectivity index (χ2v) is 8.42. The number of ketones is 1. The van der Waals surface area contributed by atoms with E-state index in [4.69, 9.17) is 0 Å². The van der Waals surface area contributed by atoms with Gasteiger partial charge < -0.3 is 10.6 Å². The molecule has 4 aromatic rings. The van der Waals surface area contributed by atoms with Crippen molar-refractivity contribution >= 4 is 38.8 Å². The third-order valence-corrected chi connectivity index (χ3v) is 6.23. The molecular formula is C25H20N4OS. The van der Waals surface area contributed by atoms with Crippen molar-refractivity contribution in [3.63, 3.8) is 0 Å².